The molecule has 5 nitrogen and oxygen atoms in total. The van der Waals surface area contributed by atoms with Crippen molar-refractivity contribution >= 4 is 11.8 Å². The van der Waals surface area contributed by atoms with Crippen LogP contribution in [0.5, 0.6) is 0 Å². The van der Waals surface area contributed by atoms with Gasteiger partial charge in [-0.15, -0.1) is 0 Å². The molecule has 1 aromatic heterocycles. The van der Waals surface area contributed by atoms with E-state index < -0.39 is 0 Å². The van der Waals surface area contributed by atoms with Gasteiger partial charge in [0.05, 0.1) is 0 Å². The van der Waals surface area contributed by atoms with Gasteiger partial charge < -0.3 is 9.80 Å². The van der Waals surface area contributed by atoms with Crippen LogP contribution >= 0.6 is 0 Å². The Morgan fingerprint density at radius 3 is 2.42 bits per heavy atom. The monoisotopic (exact) mass is 329 g/mol. The lowest BCUT2D eigenvalue weighted by atomic mass is 10.00. The minimum absolute atomic E-state index is 0.0281. The molecule has 2 aliphatic heterocycles. The highest BCUT2D eigenvalue weighted by atomic mass is 16.2. The van der Waals surface area contributed by atoms with Crippen LogP contribution in [0.4, 0.5) is 0 Å². The lowest BCUT2D eigenvalue weighted by molar-refractivity contribution is 0.0677. The van der Waals surface area contributed by atoms with Crippen molar-refractivity contribution in [3.05, 3.63) is 29.6 Å². The Labute approximate surface area is 144 Å². The summed E-state index contributed by atoms with van der Waals surface area (Å²) in [7, 11) is 0. The number of aromatic nitrogens is 1. The van der Waals surface area contributed by atoms with Crippen molar-refractivity contribution in [1.82, 2.24) is 14.8 Å². The maximum Gasteiger partial charge on any atom is 0.272 e. The Morgan fingerprint density at radius 1 is 1.00 bits per heavy atom. The second-order valence-corrected chi connectivity index (χ2v) is 7.13. The Bertz CT molecular complexity index is 565. The maximum absolute atomic E-state index is 12.7. The van der Waals surface area contributed by atoms with E-state index in [4.69, 9.17) is 0 Å². The van der Waals surface area contributed by atoms with Crippen LogP contribution in [-0.4, -0.2) is 52.8 Å². The van der Waals surface area contributed by atoms with E-state index in [2.05, 4.69) is 11.9 Å². The van der Waals surface area contributed by atoms with Gasteiger partial charge in [-0.05, 0) is 43.7 Å². The van der Waals surface area contributed by atoms with E-state index in [1.54, 1.807) is 18.3 Å². The quantitative estimate of drug-likeness (QED) is 0.838. The number of nitrogens with zero attached hydrogens (tertiary/aromatic N) is 3. The highest BCUT2D eigenvalue weighted by molar-refractivity contribution is 5.98. The van der Waals surface area contributed by atoms with E-state index in [0.29, 0.717) is 17.2 Å². The van der Waals surface area contributed by atoms with Gasteiger partial charge in [0.1, 0.15) is 5.69 Å². The molecule has 0 spiro atoms. The molecule has 3 rings (SSSR count). The molecule has 1 aromatic rings. The molecular weight excluding hydrogens is 302 g/mol. The summed E-state index contributed by atoms with van der Waals surface area (Å²) in [5.41, 5.74) is 0.977. The first kappa shape index (κ1) is 16.9. The number of pyridine rings is 1. The summed E-state index contributed by atoms with van der Waals surface area (Å²) in [4.78, 5) is 33.4. The molecule has 0 N–H and O–H groups in total. The van der Waals surface area contributed by atoms with Crippen molar-refractivity contribution in [2.24, 2.45) is 5.92 Å². The number of carbonyl (C=O) groups is 2. The summed E-state index contributed by atoms with van der Waals surface area (Å²) < 4.78 is 0. The highest BCUT2D eigenvalue weighted by Gasteiger charge is 2.24. The largest absolute Gasteiger partial charge is 0.339 e. The summed E-state index contributed by atoms with van der Waals surface area (Å²) >= 11 is 0. The van der Waals surface area contributed by atoms with Crippen LogP contribution in [-0.2, 0) is 0 Å². The molecule has 3 heterocycles. The first-order chi connectivity index (χ1) is 11.6. The topological polar surface area (TPSA) is 53.5 Å². The number of likely N-dealkylation sites (tertiary alicyclic amines) is 2. The van der Waals surface area contributed by atoms with Crippen LogP contribution in [0.15, 0.2) is 18.3 Å². The Hall–Kier alpha value is -1.91. The number of piperidine rings is 1. The molecule has 2 fully saturated rings. The zero-order valence-electron chi connectivity index (χ0n) is 14.5. The molecule has 0 radical (unpaired) electrons. The van der Waals surface area contributed by atoms with Crippen LogP contribution < -0.4 is 0 Å². The molecule has 130 valence electrons. The lowest BCUT2D eigenvalue weighted by Gasteiger charge is -2.30. The molecule has 24 heavy (non-hydrogen) atoms. The van der Waals surface area contributed by atoms with E-state index in [-0.39, 0.29) is 11.8 Å². The molecule has 2 saturated heterocycles. The zero-order valence-corrected chi connectivity index (χ0v) is 14.5. The highest BCUT2D eigenvalue weighted by Crippen LogP contribution is 2.18. The fourth-order valence-electron chi connectivity index (χ4n) is 3.67. The van der Waals surface area contributed by atoms with Gasteiger partial charge in [-0.25, -0.2) is 0 Å². The summed E-state index contributed by atoms with van der Waals surface area (Å²) in [6, 6.07) is 3.40. The smallest absolute Gasteiger partial charge is 0.272 e. The Kier molecular flexibility index (Phi) is 5.48. The SMILES string of the molecule is CC1CCCN(C(=O)c2cc(C(=O)N3CCCCCC3)ccn2)C1. The standard InChI is InChI=1S/C19H27N3O2/c1-15-7-6-12-22(14-15)19(24)17-13-16(8-9-20-17)18(23)21-10-4-2-3-5-11-21/h8-9,13,15H,2-7,10-12,14H2,1H3. The summed E-state index contributed by atoms with van der Waals surface area (Å²) in [6.07, 6.45) is 8.31. The first-order valence-corrected chi connectivity index (χ1v) is 9.20. The van der Waals surface area contributed by atoms with Gasteiger partial charge in [0.25, 0.3) is 11.8 Å². The van der Waals surface area contributed by atoms with Crippen molar-refractivity contribution in [1.29, 1.82) is 0 Å². The van der Waals surface area contributed by atoms with Crippen molar-refractivity contribution in [2.45, 2.75) is 45.4 Å². The predicted octanol–water partition coefficient (Wildman–Crippen LogP) is 2.97. The summed E-state index contributed by atoms with van der Waals surface area (Å²) in [6.45, 7) is 5.37. The van der Waals surface area contributed by atoms with E-state index >= 15 is 0 Å². The van der Waals surface area contributed by atoms with Gasteiger partial charge in [-0.1, -0.05) is 19.8 Å². The molecular formula is C19H27N3O2. The molecule has 2 amide bonds. The van der Waals surface area contributed by atoms with Crippen molar-refractivity contribution in [3.63, 3.8) is 0 Å². The van der Waals surface area contributed by atoms with Gasteiger partial charge in [0.2, 0.25) is 0 Å². The van der Waals surface area contributed by atoms with Crippen molar-refractivity contribution < 1.29 is 9.59 Å². The van der Waals surface area contributed by atoms with Gasteiger partial charge >= 0.3 is 0 Å². The molecule has 0 aromatic carbocycles. The molecule has 2 aliphatic rings. The minimum Gasteiger partial charge on any atom is -0.339 e. The Balaban J connectivity index is 1.73. The fourth-order valence-corrected chi connectivity index (χ4v) is 3.67. The van der Waals surface area contributed by atoms with Gasteiger partial charge in [0, 0.05) is 37.9 Å². The van der Waals surface area contributed by atoms with Crippen molar-refractivity contribution in [2.75, 3.05) is 26.2 Å². The fraction of sp³-hybridized carbons (Fsp3) is 0.632. The Morgan fingerprint density at radius 2 is 1.71 bits per heavy atom. The van der Waals surface area contributed by atoms with E-state index in [0.717, 1.165) is 45.4 Å². The number of amides is 2. The summed E-state index contributed by atoms with van der Waals surface area (Å²) in [5.74, 6) is 0.511. The van der Waals surface area contributed by atoms with E-state index in [1.165, 1.54) is 19.3 Å². The zero-order chi connectivity index (χ0) is 16.9. The third-order valence-corrected chi connectivity index (χ3v) is 5.06. The number of carbonyl (C=O) groups excluding carboxylic acids is 2. The number of hydrogen-bond donors (Lipinski definition) is 0. The second kappa shape index (κ2) is 7.77. The maximum atomic E-state index is 12.7. The molecule has 0 aliphatic carbocycles. The average molecular weight is 329 g/mol. The molecule has 1 unspecified atom stereocenters. The van der Waals surface area contributed by atoms with Crippen LogP contribution in [0.3, 0.4) is 0 Å². The summed E-state index contributed by atoms with van der Waals surface area (Å²) in [5, 5.41) is 0. The second-order valence-electron chi connectivity index (χ2n) is 7.13. The van der Waals surface area contributed by atoms with Crippen LogP contribution in [0.25, 0.3) is 0 Å². The first-order valence-electron chi connectivity index (χ1n) is 9.20. The third kappa shape index (κ3) is 3.94. The van der Waals surface area contributed by atoms with E-state index in [9.17, 15) is 9.59 Å². The number of rotatable bonds is 2. The van der Waals surface area contributed by atoms with Gasteiger partial charge in [-0.2, -0.15) is 0 Å². The van der Waals surface area contributed by atoms with Gasteiger partial charge in [-0.3, -0.25) is 14.6 Å². The molecule has 0 saturated carbocycles. The number of hydrogen-bond acceptors (Lipinski definition) is 3. The predicted molar refractivity (Wildman–Crippen MR) is 92.9 cm³/mol. The van der Waals surface area contributed by atoms with Crippen LogP contribution in [0, 0.1) is 5.92 Å². The molecule has 0 bridgehead atoms. The van der Waals surface area contributed by atoms with Gasteiger partial charge in [0.15, 0.2) is 0 Å². The van der Waals surface area contributed by atoms with Crippen LogP contribution in [0.1, 0.15) is 66.3 Å². The molecule has 5 heteroatoms. The molecule has 1 atom stereocenters. The third-order valence-electron chi connectivity index (χ3n) is 5.06. The average Bonchev–Trinajstić information content (AvgIpc) is 2.90. The minimum atomic E-state index is -0.0490. The van der Waals surface area contributed by atoms with Crippen LogP contribution in [0.2, 0.25) is 0 Å². The lowest BCUT2D eigenvalue weighted by Crippen LogP contribution is -2.39. The normalized spacial score (nSPS) is 22.1. The van der Waals surface area contributed by atoms with E-state index in [1.807, 2.05) is 9.80 Å². The van der Waals surface area contributed by atoms with Crippen molar-refractivity contribution in [3.8, 4) is 0 Å².